The molecule has 1 aromatic carbocycles. The summed E-state index contributed by atoms with van der Waals surface area (Å²) in [5.74, 6) is 0.534. The second kappa shape index (κ2) is 5.74. The van der Waals surface area contributed by atoms with E-state index in [1.165, 1.54) is 0 Å². The first-order chi connectivity index (χ1) is 9.61. The van der Waals surface area contributed by atoms with E-state index >= 15 is 0 Å². The van der Waals surface area contributed by atoms with Gasteiger partial charge in [0.05, 0.1) is 5.69 Å². The largest absolute Gasteiger partial charge is 0.444 e. The molecule has 0 aliphatic carbocycles. The molecule has 3 fully saturated rings. The van der Waals surface area contributed by atoms with Gasteiger partial charge >= 0.3 is 6.09 Å². The number of rotatable bonds is 2. The van der Waals surface area contributed by atoms with Gasteiger partial charge in [-0.2, -0.15) is 0 Å². The van der Waals surface area contributed by atoms with E-state index in [2.05, 4.69) is 26.1 Å². The summed E-state index contributed by atoms with van der Waals surface area (Å²) in [6.45, 7) is 5.19. The second-order valence-corrected chi connectivity index (χ2v) is 6.54. The molecule has 0 spiro atoms. The maximum absolute atomic E-state index is 12.0. The smallest absolute Gasteiger partial charge is 0.411 e. The molecule has 4 rings (SSSR count). The van der Waals surface area contributed by atoms with E-state index in [1.807, 2.05) is 25.1 Å². The number of nitrogens with zero attached hydrogens (tertiary/aromatic N) is 1. The highest BCUT2D eigenvalue weighted by molar-refractivity contribution is 9.10. The number of halogens is 1. The molecule has 1 unspecified atom stereocenters. The minimum Gasteiger partial charge on any atom is -0.444 e. The lowest BCUT2D eigenvalue weighted by Crippen LogP contribution is -2.52. The van der Waals surface area contributed by atoms with Crippen LogP contribution in [0.25, 0.3) is 0 Å². The second-order valence-electron chi connectivity index (χ2n) is 5.69. The summed E-state index contributed by atoms with van der Waals surface area (Å²) >= 11 is 3.45. The standard InChI is InChI=1S/C15H19BrN2O2/c1-10-2-3-13(12(16)8-10)17-15(19)20-14-9-18-6-4-11(14)5-7-18/h2-3,8,11,14H,4-7,9H2,1H3,(H,17,19). The average Bonchev–Trinajstić information content (AvgIpc) is 2.43. The van der Waals surface area contributed by atoms with Crippen molar-refractivity contribution in [2.24, 2.45) is 5.92 Å². The van der Waals surface area contributed by atoms with Crippen LogP contribution in [0.5, 0.6) is 0 Å². The van der Waals surface area contributed by atoms with Crippen molar-refractivity contribution in [2.75, 3.05) is 25.0 Å². The number of amides is 1. The number of carbonyl (C=O) groups excluding carboxylic acids is 1. The number of piperidine rings is 3. The van der Waals surface area contributed by atoms with Crippen LogP contribution in [0.3, 0.4) is 0 Å². The van der Waals surface area contributed by atoms with Crippen LogP contribution in [0.4, 0.5) is 10.5 Å². The lowest BCUT2D eigenvalue weighted by molar-refractivity contribution is -0.0289. The van der Waals surface area contributed by atoms with Crippen molar-refractivity contribution in [3.8, 4) is 0 Å². The lowest BCUT2D eigenvalue weighted by atomic mass is 9.86. The molecule has 3 heterocycles. The van der Waals surface area contributed by atoms with Crippen molar-refractivity contribution in [1.82, 2.24) is 4.90 Å². The van der Waals surface area contributed by atoms with E-state index in [-0.39, 0.29) is 12.2 Å². The Morgan fingerprint density at radius 3 is 2.75 bits per heavy atom. The number of nitrogens with one attached hydrogen (secondary N) is 1. The van der Waals surface area contributed by atoms with Gasteiger partial charge in [-0.05, 0) is 72.4 Å². The fraction of sp³-hybridized carbons (Fsp3) is 0.533. The van der Waals surface area contributed by atoms with E-state index in [9.17, 15) is 4.79 Å². The van der Waals surface area contributed by atoms with Crippen LogP contribution >= 0.6 is 15.9 Å². The van der Waals surface area contributed by atoms with Crippen molar-refractivity contribution in [1.29, 1.82) is 0 Å². The molecule has 1 aromatic rings. The SMILES string of the molecule is Cc1ccc(NC(=O)OC2CN3CCC2CC3)c(Br)c1. The maximum atomic E-state index is 12.0. The van der Waals surface area contributed by atoms with Gasteiger partial charge in [0.2, 0.25) is 0 Å². The van der Waals surface area contributed by atoms with Crippen LogP contribution < -0.4 is 5.32 Å². The zero-order valence-corrected chi connectivity index (χ0v) is 13.1. The van der Waals surface area contributed by atoms with Crippen molar-refractivity contribution >= 4 is 27.7 Å². The molecule has 1 atom stereocenters. The first-order valence-corrected chi connectivity index (χ1v) is 7.87. The molecule has 108 valence electrons. The van der Waals surface area contributed by atoms with Crippen molar-refractivity contribution in [2.45, 2.75) is 25.9 Å². The maximum Gasteiger partial charge on any atom is 0.411 e. The summed E-state index contributed by atoms with van der Waals surface area (Å²) in [7, 11) is 0. The monoisotopic (exact) mass is 338 g/mol. The number of benzene rings is 1. The molecule has 0 aromatic heterocycles. The van der Waals surface area contributed by atoms with Crippen molar-refractivity contribution in [3.63, 3.8) is 0 Å². The summed E-state index contributed by atoms with van der Waals surface area (Å²) in [5.41, 5.74) is 1.90. The van der Waals surface area contributed by atoms with Gasteiger partial charge in [-0.15, -0.1) is 0 Å². The van der Waals surface area contributed by atoms with Gasteiger partial charge in [0.25, 0.3) is 0 Å². The van der Waals surface area contributed by atoms with Crippen LogP contribution in [0.15, 0.2) is 22.7 Å². The fourth-order valence-corrected chi connectivity index (χ4v) is 3.64. The molecule has 4 nitrogen and oxygen atoms in total. The molecular weight excluding hydrogens is 320 g/mol. The Hall–Kier alpha value is -1.07. The van der Waals surface area contributed by atoms with E-state index in [0.29, 0.717) is 5.92 Å². The predicted molar refractivity (Wildman–Crippen MR) is 81.9 cm³/mol. The molecule has 1 amide bonds. The number of anilines is 1. The van der Waals surface area contributed by atoms with Gasteiger partial charge in [-0.25, -0.2) is 4.79 Å². The van der Waals surface area contributed by atoms with Crippen LogP contribution in [0.2, 0.25) is 0 Å². The molecule has 20 heavy (non-hydrogen) atoms. The summed E-state index contributed by atoms with van der Waals surface area (Å²) < 4.78 is 6.48. The van der Waals surface area contributed by atoms with Crippen molar-refractivity contribution < 1.29 is 9.53 Å². The summed E-state index contributed by atoms with van der Waals surface area (Å²) in [6.07, 6.45) is 1.98. The van der Waals surface area contributed by atoms with Crippen LogP contribution in [-0.4, -0.2) is 36.7 Å². The molecule has 3 aliphatic rings. The summed E-state index contributed by atoms with van der Waals surface area (Å²) in [6, 6.07) is 5.83. The van der Waals surface area contributed by atoms with Gasteiger partial charge in [0.1, 0.15) is 6.10 Å². The minimum atomic E-state index is -0.353. The molecular formula is C15H19BrN2O2. The minimum absolute atomic E-state index is 0.0433. The van der Waals surface area contributed by atoms with Gasteiger partial charge in [0, 0.05) is 11.0 Å². The topological polar surface area (TPSA) is 41.6 Å². The first-order valence-electron chi connectivity index (χ1n) is 7.08. The Balaban J connectivity index is 1.59. The Kier molecular flexibility index (Phi) is 3.98. The molecule has 3 saturated heterocycles. The van der Waals surface area contributed by atoms with Crippen LogP contribution in [-0.2, 0) is 4.74 Å². The molecule has 0 radical (unpaired) electrons. The number of hydrogen-bond acceptors (Lipinski definition) is 3. The number of fused-ring (bicyclic) bond motifs is 3. The van der Waals surface area contributed by atoms with Gasteiger partial charge in [-0.1, -0.05) is 6.07 Å². The third-order valence-electron chi connectivity index (χ3n) is 4.22. The Bertz CT molecular complexity index is 513. The average molecular weight is 339 g/mol. The number of aryl methyl sites for hydroxylation is 1. The van der Waals surface area contributed by atoms with Crippen LogP contribution in [0, 0.1) is 12.8 Å². The Labute approximate surface area is 127 Å². The molecule has 1 N–H and O–H groups in total. The number of carbonyl (C=O) groups is 1. The Morgan fingerprint density at radius 2 is 2.15 bits per heavy atom. The third kappa shape index (κ3) is 2.99. The van der Waals surface area contributed by atoms with Gasteiger partial charge in [0.15, 0.2) is 0 Å². The molecule has 0 saturated carbocycles. The van der Waals surface area contributed by atoms with E-state index in [0.717, 1.165) is 48.2 Å². The zero-order chi connectivity index (χ0) is 14.1. The van der Waals surface area contributed by atoms with Gasteiger partial charge in [-0.3, -0.25) is 10.2 Å². The molecule has 3 aliphatic heterocycles. The highest BCUT2D eigenvalue weighted by Gasteiger charge is 2.36. The van der Waals surface area contributed by atoms with E-state index < -0.39 is 0 Å². The highest BCUT2D eigenvalue weighted by Crippen LogP contribution is 2.30. The van der Waals surface area contributed by atoms with E-state index in [4.69, 9.17) is 4.74 Å². The normalized spacial score (nSPS) is 28.2. The predicted octanol–water partition coefficient (Wildman–Crippen LogP) is 3.40. The number of ether oxygens (including phenoxy) is 1. The number of hydrogen-bond donors (Lipinski definition) is 1. The zero-order valence-electron chi connectivity index (χ0n) is 11.6. The quantitative estimate of drug-likeness (QED) is 0.898. The third-order valence-corrected chi connectivity index (χ3v) is 4.87. The highest BCUT2D eigenvalue weighted by atomic mass is 79.9. The Morgan fingerprint density at radius 1 is 1.40 bits per heavy atom. The van der Waals surface area contributed by atoms with Gasteiger partial charge < -0.3 is 4.74 Å². The van der Waals surface area contributed by atoms with Crippen molar-refractivity contribution in [3.05, 3.63) is 28.2 Å². The lowest BCUT2D eigenvalue weighted by Gasteiger charge is -2.43. The molecule has 5 heteroatoms. The summed E-state index contributed by atoms with van der Waals surface area (Å²) in [4.78, 5) is 14.4. The fourth-order valence-electron chi connectivity index (χ4n) is 3.04. The van der Waals surface area contributed by atoms with E-state index in [1.54, 1.807) is 0 Å². The summed E-state index contributed by atoms with van der Waals surface area (Å²) in [5, 5.41) is 2.82. The first kappa shape index (κ1) is 13.9. The van der Waals surface area contributed by atoms with Crippen LogP contribution in [0.1, 0.15) is 18.4 Å². The molecule has 2 bridgehead atoms.